The van der Waals surface area contributed by atoms with Crippen molar-refractivity contribution >= 4 is 5.97 Å². The van der Waals surface area contributed by atoms with Crippen molar-refractivity contribution in [2.45, 2.75) is 38.5 Å². The summed E-state index contributed by atoms with van der Waals surface area (Å²) in [5, 5.41) is 2.48. The number of likely N-dealkylation sites (tertiary alicyclic amines) is 1. The van der Waals surface area contributed by atoms with Crippen LogP contribution >= 0.6 is 0 Å². The Bertz CT molecular complexity index is 308. The molecule has 0 radical (unpaired) electrons. The maximum Gasteiger partial charge on any atom is 0.401 e. The van der Waals surface area contributed by atoms with Gasteiger partial charge in [0.2, 0.25) is 0 Å². The molecule has 1 fully saturated rings. The van der Waals surface area contributed by atoms with Crippen molar-refractivity contribution in [1.82, 2.24) is 10.2 Å². The number of ether oxygens (including phenoxy) is 1. The molecule has 19 heavy (non-hydrogen) atoms. The highest BCUT2D eigenvalue weighted by Crippen LogP contribution is 2.21. The molecular formula is C12H21F3N2O2. The van der Waals surface area contributed by atoms with Gasteiger partial charge < -0.3 is 10.1 Å². The van der Waals surface area contributed by atoms with Crippen LogP contribution in [-0.2, 0) is 9.53 Å². The SMILES string of the molecule is COC(=O)C1CC(NCC(F)(F)F)CN(C(C)C)C1. The number of nitrogens with one attached hydrogen (secondary N) is 1. The minimum atomic E-state index is -4.24. The van der Waals surface area contributed by atoms with Crippen LogP contribution in [0, 0.1) is 5.92 Å². The largest absolute Gasteiger partial charge is 0.469 e. The Balaban J connectivity index is 2.62. The predicted molar refractivity (Wildman–Crippen MR) is 64.7 cm³/mol. The molecule has 0 bridgehead atoms. The Hall–Kier alpha value is -0.820. The van der Waals surface area contributed by atoms with E-state index in [1.165, 1.54) is 7.11 Å². The lowest BCUT2D eigenvalue weighted by Crippen LogP contribution is -2.54. The average molecular weight is 282 g/mol. The van der Waals surface area contributed by atoms with E-state index in [1.807, 2.05) is 18.7 Å². The molecule has 1 saturated heterocycles. The maximum absolute atomic E-state index is 12.2. The first-order valence-corrected chi connectivity index (χ1v) is 6.35. The van der Waals surface area contributed by atoms with E-state index in [0.29, 0.717) is 19.5 Å². The van der Waals surface area contributed by atoms with E-state index in [4.69, 9.17) is 4.74 Å². The Kier molecular flexibility index (Phi) is 5.61. The van der Waals surface area contributed by atoms with Gasteiger partial charge in [0.15, 0.2) is 0 Å². The molecule has 4 nitrogen and oxygen atoms in total. The lowest BCUT2D eigenvalue weighted by molar-refractivity contribution is -0.148. The number of nitrogens with zero attached hydrogens (tertiary/aromatic N) is 1. The number of piperidine rings is 1. The number of carbonyl (C=O) groups is 1. The molecule has 7 heteroatoms. The number of halogens is 3. The zero-order chi connectivity index (χ0) is 14.6. The summed E-state index contributed by atoms with van der Waals surface area (Å²) in [5.74, 6) is -0.726. The summed E-state index contributed by atoms with van der Waals surface area (Å²) in [4.78, 5) is 13.6. The van der Waals surface area contributed by atoms with Crippen LogP contribution in [0.25, 0.3) is 0 Å². The van der Waals surface area contributed by atoms with Crippen LogP contribution in [0.3, 0.4) is 0 Å². The fourth-order valence-electron chi connectivity index (χ4n) is 2.30. The van der Waals surface area contributed by atoms with Crippen LogP contribution in [0.2, 0.25) is 0 Å². The number of esters is 1. The van der Waals surface area contributed by atoms with Crippen molar-refractivity contribution in [3.05, 3.63) is 0 Å². The fourth-order valence-corrected chi connectivity index (χ4v) is 2.30. The van der Waals surface area contributed by atoms with Gasteiger partial charge in [0, 0.05) is 25.2 Å². The standard InChI is InChI=1S/C12H21F3N2O2/c1-8(2)17-5-9(11(18)19-3)4-10(6-17)16-7-12(13,14)15/h8-10,16H,4-7H2,1-3H3. The number of alkyl halides is 3. The second-order valence-electron chi connectivity index (χ2n) is 5.20. The van der Waals surface area contributed by atoms with Crippen molar-refractivity contribution < 1.29 is 22.7 Å². The smallest absolute Gasteiger partial charge is 0.401 e. The van der Waals surface area contributed by atoms with Crippen molar-refractivity contribution in [2.75, 3.05) is 26.7 Å². The molecule has 0 aliphatic carbocycles. The van der Waals surface area contributed by atoms with E-state index >= 15 is 0 Å². The number of hydrogen-bond donors (Lipinski definition) is 1. The van der Waals surface area contributed by atoms with E-state index in [0.717, 1.165) is 0 Å². The topological polar surface area (TPSA) is 41.6 Å². The molecule has 0 aromatic heterocycles. The van der Waals surface area contributed by atoms with Gasteiger partial charge in [-0.05, 0) is 20.3 Å². The second kappa shape index (κ2) is 6.56. The van der Waals surface area contributed by atoms with Gasteiger partial charge in [-0.2, -0.15) is 13.2 Å². The van der Waals surface area contributed by atoms with E-state index < -0.39 is 12.7 Å². The molecule has 0 spiro atoms. The summed E-state index contributed by atoms with van der Waals surface area (Å²) in [6, 6.07) is -0.162. The van der Waals surface area contributed by atoms with Crippen molar-refractivity contribution in [3.63, 3.8) is 0 Å². The van der Waals surface area contributed by atoms with Crippen LogP contribution in [0.4, 0.5) is 13.2 Å². The molecule has 1 N–H and O–H groups in total. The minimum Gasteiger partial charge on any atom is -0.469 e. The van der Waals surface area contributed by atoms with Gasteiger partial charge in [0.1, 0.15) is 0 Å². The molecule has 1 aliphatic rings. The number of carbonyl (C=O) groups excluding carboxylic acids is 1. The van der Waals surface area contributed by atoms with Gasteiger partial charge in [0.05, 0.1) is 19.6 Å². The van der Waals surface area contributed by atoms with Crippen molar-refractivity contribution in [1.29, 1.82) is 0 Å². The molecule has 2 atom stereocenters. The van der Waals surface area contributed by atoms with E-state index in [2.05, 4.69) is 5.32 Å². The van der Waals surface area contributed by atoms with Gasteiger partial charge in [-0.15, -0.1) is 0 Å². The zero-order valence-electron chi connectivity index (χ0n) is 11.5. The van der Waals surface area contributed by atoms with E-state index in [9.17, 15) is 18.0 Å². The number of rotatable bonds is 4. The highest BCUT2D eigenvalue weighted by Gasteiger charge is 2.35. The summed E-state index contributed by atoms with van der Waals surface area (Å²) >= 11 is 0. The minimum absolute atomic E-state index is 0.183. The highest BCUT2D eigenvalue weighted by molar-refractivity contribution is 5.72. The van der Waals surface area contributed by atoms with Gasteiger partial charge >= 0.3 is 12.1 Å². The van der Waals surface area contributed by atoms with Gasteiger partial charge in [-0.25, -0.2) is 0 Å². The van der Waals surface area contributed by atoms with Gasteiger partial charge in [-0.3, -0.25) is 9.69 Å². The summed E-state index contributed by atoms with van der Waals surface area (Å²) < 4.78 is 41.4. The molecule has 0 aromatic rings. The molecule has 1 aliphatic heterocycles. The number of methoxy groups -OCH3 is 1. The van der Waals surface area contributed by atoms with Crippen molar-refractivity contribution in [2.24, 2.45) is 5.92 Å². The van der Waals surface area contributed by atoms with Crippen LogP contribution < -0.4 is 5.32 Å². The first-order valence-electron chi connectivity index (χ1n) is 6.35. The Morgan fingerprint density at radius 2 is 2.05 bits per heavy atom. The number of hydrogen-bond acceptors (Lipinski definition) is 4. The normalized spacial score (nSPS) is 25.6. The summed E-state index contributed by atoms with van der Waals surface area (Å²) in [7, 11) is 1.30. The molecule has 2 unspecified atom stereocenters. The van der Waals surface area contributed by atoms with Crippen molar-refractivity contribution in [3.8, 4) is 0 Å². The van der Waals surface area contributed by atoms with E-state index in [-0.39, 0.29) is 24.0 Å². The molecule has 1 heterocycles. The van der Waals surface area contributed by atoms with Crippen LogP contribution in [0.15, 0.2) is 0 Å². The molecule has 1 rings (SSSR count). The Labute approximate surface area is 111 Å². The third-order valence-corrected chi connectivity index (χ3v) is 3.33. The third-order valence-electron chi connectivity index (χ3n) is 3.33. The summed E-state index contributed by atoms with van der Waals surface area (Å²) in [6.45, 7) is 3.94. The first kappa shape index (κ1) is 16.2. The molecular weight excluding hydrogens is 261 g/mol. The lowest BCUT2D eigenvalue weighted by atomic mass is 9.93. The van der Waals surface area contributed by atoms with Crippen LogP contribution in [0.1, 0.15) is 20.3 Å². The first-order chi connectivity index (χ1) is 8.73. The monoisotopic (exact) mass is 282 g/mol. The maximum atomic E-state index is 12.2. The fraction of sp³-hybridized carbons (Fsp3) is 0.917. The van der Waals surface area contributed by atoms with Crippen LogP contribution in [-0.4, -0.2) is 55.9 Å². The highest BCUT2D eigenvalue weighted by atomic mass is 19.4. The zero-order valence-corrected chi connectivity index (χ0v) is 11.5. The molecule has 0 aromatic carbocycles. The lowest BCUT2D eigenvalue weighted by Gasteiger charge is -2.39. The Morgan fingerprint density at radius 3 is 2.53 bits per heavy atom. The molecule has 0 saturated carbocycles. The Morgan fingerprint density at radius 1 is 1.42 bits per heavy atom. The molecule has 112 valence electrons. The third kappa shape index (κ3) is 5.36. The summed E-state index contributed by atoms with van der Waals surface area (Å²) in [5.41, 5.74) is 0. The average Bonchev–Trinajstić information content (AvgIpc) is 2.34. The van der Waals surface area contributed by atoms with Crippen LogP contribution in [0.5, 0.6) is 0 Å². The summed E-state index contributed by atoms with van der Waals surface area (Å²) in [6.07, 6.45) is -3.85. The second-order valence-corrected chi connectivity index (χ2v) is 5.20. The predicted octanol–water partition coefficient (Wildman–Crippen LogP) is 1.41. The van der Waals surface area contributed by atoms with Gasteiger partial charge in [0.25, 0.3) is 0 Å². The quantitative estimate of drug-likeness (QED) is 0.792. The van der Waals surface area contributed by atoms with E-state index in [1.54, 1.807) is 0 Å². The molecule has 0 amide bonds. The van der Waals surface area contributed by atoms with Gasteiger partial charge in [-0.1, -0.05) is 0 Å².